The van der Waals surface area contributed by atoms with E-state index in [4.69, 9.17) is 0 Å². The predicted molar refractivity (Wildman–Crippen MR) is 89.3 cm³/mol. The van der Waals surface area contributed by atoms with E-state index in [1.807, 2.05) is 31.2 Å². The number of amides is 1. The van der Waals surface area contributed by atoms with Crippen molar-refractivity contribution in [2.45, 2.75) is 38.5 Å². The van der Waals surface area contributed by atoms with Gasteiger partial charge in [-0.25, -0.2) is 4.98 Å². The molecule has 2 rings (SSSR count). The Bertz CT molecular complexity index is 745. The lowest BCUT2D eigenvalue weighted by Gasteiger charge is -2.27. The first-order chi connectivity index (χ1) is 11.6. The first-order valence-electron chi connectivity index (χ1n) is 7.66. The maximum Gasteiger partial charge on any atom is 0.424 e. The van der Waals surface area contributed by atoms with Crippen LogP contribution in [0.15, 0.2) is 29.6 Å². The van der Waals surface area contributed by atoms with E-state index in [-0.39, 0.29) is 6.54 Å². The summed E-state index contributed by atoms with van der Waals surface area (Å²) in [6.07, 6.45) is -5.61. The maximum absolute atomic E-state index is 13.3. The Morgan fingerprint density at radius 1 is 1.28 bits per heavy atom. The zero-order chi connectivity index (χ0) is 18.7. The fourth-order valence-electron chi connectivity index (χ4n) is 2.36. The molecule has 0 radical (unpaired) electrons. The zero-order valence-electron chi connectivity index (χ0n) is 13.9. The average molecular weight is 372 g/mol. The van der Waals surface area contributed by atoms with Crippen molar-refractivity contribution in [1.29, 1.82) is 0 Å². The second kappa shape index (κ2) is 7.53. The normalized spacial score (nSPS) is 14.2. The van der Waals surface area contributed by atoms with E-state index in [0.29, 0.717) is 23.5 Å². The fraction of sp³-hybridized carbons (Fsp3) is 0.412. The number of hydrogen-bond donors (Lipinski definition) is 2. The summed E-state index contributed by atoms with van der Waals surface area (Å²) in [7, 11) is 0. The summed E-state index contributed by atoms with van der Waals surface area (Å²) in [5.41, 5.74) is -0.868. The van der Waals surface area contributed by atoms with Crippen molar-refractivity contribution in [3.63, 3.8) is 0 Å². The van der Waals surface area contributed by atoms with Crippen LogP contribution in [-0.4, -0.2) is 28.7 Å². The standard InChI is InChI=1S/C17H19F3N2O2S/c1-11-5-3-4-6-13(11)7-8-21-14(23)9-16(24,17(18,19)20)15-22-12(2)10-25-15/h3-6,10,24H,7-9H2,1-2H3,(H,21,23)/t16-/m1/s1. The van der Waals surface area contributed by atoms with Crippen molar-refractivity contribution < 1.29 is 23.1 Å². The Kier molecular flexibility index (Phi) is 5.84. The number of hydrogen-bond acceptors (Lipinski definition) is 4. The maximum atomic E-state index is 13.3. The van der Waals surface area contributed by atoms with Crippen LogP contribution in [0.5, 0.6) is 0 Å². The van der Waals surface area contributed by atoms with Crippen molar-refractivity contribution in [2.75, 3.05) is 6.54 Å². The number of rotatable bonds is 6. The van der Waals surface area contributed by atoms with Gasteiger partial charge in [-0.05, 0) is 31.4 Å². The molecule has 0 aliphatic heterocycles. The Balaban J connectivity index is 2.02. The fourth-order valence-corrected chi connectivity index (χ4v) is 3.28. The third-order valence-electron chi connectivity index (χ3n) is 3.84. The molecule has 0 aliphatic rings. The number of halogens is 3. The molecule has 136 valence electrons. The van der Waals surface area contributed by atoms with Gasteiger partial charge in [-0.15, -0.1) is 11.3 Å². The molecule has 1 atom stereocenters. The van der Waals surface area contributed by atoms with Gasteiger partial charge < -0.3 is 10.4 Å². The quantitative estimate of drug-likeness (QED) is 0.818. The summed E-state index contributed by atoms with van der Waals surface area (Å²) in [6, 6.07) is 7.56. The average Bonchev–Trinajstić information content (AvgIpc) is 2.95. The van der Waals surface area contributed by atoms with E-state index >= 15 is 0 Å². The summed E-state index contributed by atoms with van der Waals surface area (Å²) in [4.78, 5) is 15.7. The molecule has 1 amide bonds. The van der Waals surface area contributed by atoms with Gasteiger partial charge in [0.1, 0.15) is 5.01 Å². The molecule has 0 fully saturated rings. The van der Waals surface area contributed by atoms with Crippen LogP contribution in [0.25, 0.3) is 0 Å². The topological polar surface area (TPSA) is 62.2 Å². The Morgan fingerprint density at radius 3 is 2.52 bits per heavy atom. The lowest BCUT2D eigenvalue weighted by molar-refractivity contribution is -0.267. The number of benzene rings is 1. The number of thiazole rings is 1. The Morgan fingerprint density at radius 2 is 1.96 bits per heavy atom. The first kappa shape index (κ1) is 19.4. The van der Waals surface area contributed by atoms with Crippen molar-refractivity contribution in [3.8, 4) is 0 Å². The number of aliphatic hydroxyl groups is 1. The Labute approximate surface area is 147 Å². The molecule has 0 saturated heterocycles. The molecule has 0 bridgehead atoms. The predicted octanol–water partition coefficient (Wildman–Crippen LogP) is 3.26. The first-order valence-corrected chi connectivity index (χ1v) is 8.54. The second-order valence-electron chi connectivity index (χ2n) is 5.86. The summed E-state index contributed by atoms with van der Waals surface area (Å²) in [6.45, 7) is 3.64. The van der Waals surface area contributed by atoms with Crippen LogP contribution < -0.4 is 5.32 Å². The minimum Gasteiger partial charge on any atom is -0.374 e. The molecule has 1 aromatic carbocycles. The monoisotopic (exact) mass is 372 g/mol. The van der Waals surface area contributed by atoms with Crippen LogP contribution in [-0.2, 0) is 16.8 Å². The molecule has 0 saturated carbocycles. The minimum atomic E-state index is -5.00. The molecule has 2 aromatic rings. The lowest BCUT2D eigenvalue weighted by Crippen LogP contribution is -2.46. The SMILES string of the molecule is Cc1csc([C@](O)(CC(=O)NCCc2ccccc2C)C(F)(F)F)n1. The molecule has 1 aromatic heterocycles. The third kappa shape index (κ3) is 4.58. The molecule has 25 heavy (non-hydrogen) atoms. The van der Waals surface area contributed by atoms with Gasteiger partial charge in [0, 0.05) is 17.6 Å². The molecule has 4 nitrogen and oxygen atoms in total. The minimum absolute atomic E-state index is 0.189. The van der Waals surface area contributed by atoms with E-state index < -0.39 is 29.1 Å². The van der Waals surface area contributed by atoms with Crippen LogP contribution in [0, 0.1) is 13.8 Å². The van der Waals surface area contributed by atoms with Gasteiger partial charge in [0.05, 0.1) is 6.42 Å². The van der Waals surface area contributed by atoms with Crippen molar-refractivity contribution in [1.82, 2.24) is 10.3 Å². The molecule has 0 aliphatic carbocycles. The van der Waals surface area contributed by atoms with Gasteiger partial charge in [0.2, 0.25) is 11.5 Å². The van der Waals surface area contributed by atoms with Gasteiger partial charge in [0.25, 0.3) is 0 Å². The summed E-state index contributed by atoms with van der Waals surface area (Å²) < 4.78 is 40.0. The second-order valence-corrected chi connectivity index (χ2v) is 6.71. The third-order valence-corrected chi connectivity index (χ3v) is 4.95. The molecule has 1 heterocycles. The summed E-state index contributed by atoms with van der Waals surface area (Å²) >= 11 is 0.687. The van der Waals surface area contributed by atoms with Crippen LogP contribution >= 0.6 is 11.3 Å². The van der Waals surface area contributed by atoms with E-state index in [0.717, 1.165) is 11.1 Å². The zero-order valence-corrected chi connectivity index (χ0v) is 14.7. The van der Waals surface area contributed by atoms with Crippen molar-refractivity contribution in [2.24, 2.45) is 0 Å². The van der Waals surface area contributed by atoms with Crippen LogP contribution in [0.4, 0.5) is 13.2 Å². The van der Waals surface area contributed by atoms with Crippen LogP contribution in [0.2, 0.25) is 0 Å². The number of nitrogens with one attached hydrogen (secondary N) is 1. The highest BCUT2D eigenvalue weighted by Crippen LogP contribution is 2.42. The Hall–Kier alpha value is -1.93. The number of alkyl halides is 3. The number of nitrogens with zero attached hydrogens (tertiary/aromatic N) is 1. The molecular formula is C17H19F3N2O2S. The van der Waals surface area contributed by atoms with Crippen molar-refractivity contribution >= 4 is 17.2 Å². The van der Waals surface area contributed by atoms with Gasteiger partial charge >= 0.3 is 6.18 Å². The van der Waals surface area contributed by atoms with Gasteiger partial charge in [-0.2, -0.15) is 13.2 Å². The largest absolute Gasteiger partial charge is 0.424 e. The number of aromatic nitrogens is 1. The lowest BCUT2D eigenvalue weighted by atomic mass is 9.99. The van der Waals surface area contributed by atoms with Crippen molar-refractivity contribution in [3.05, 3.63) is 51.5 Å². The summed E-state index contributed by atoms with van der Waals surface area (Å²) in [5.74, 6) is -0.874. The van der Waals surface area contributed by atoms with Gasteiger partial charge in [0.15, 0.2) is 0 Å². The van der Waals surface area contributed by atoms with Crippen LogP contribution in [0.1, 0.15) is 28.2 Å². The summed E-state index contributed by atoms with van der Waals surface area (Å²) in [5, 5.41) is 13.4. The van der Waals surface area contributed by atoms with E-state index in [9.17, 15) is 23.1 Å². The van der Waals surface area contributed by atoms with Gasteiger partial charge in [-0.1, -0.05) is 24.3 Å². The molecular weight excluding hydrogens is 353 g/mol. The smallest absolute Gasteiger partial charge is 0.374 e. The van der Waals surface area contributed by atoms with E-state index in [1.54, 1.807) is 0 Å². The number of aryl methyl sites for hydroxylation is 2. The molecule has 2 N–H and O–H groups in total. The highest BCUT2D eigenvalue weighted by Gasteiger charge is 2.58. The number of carbonyl (C=O) groups excluding carboxylic acids is 1. The molecule has 0 spiro atoms. The van der Waals surface area contributed by atoms with E-state index in [1.165, 1.54) is 12.3 Å². The van der Waals surface area contributed by atoms with Gasteiger partial charge in [-0.3, -0.25) is 4.79 Å². The number of carbonyl (C=O) groups is 1. The highest BCUT2D eigenvalue weighted by molar-refractivity contribution is 7.09. The molecule has 0 unspecified atom stereocenters. The van der Waals surface area contributed by atoms with E-state index in [2.05, 4.69) is 10.3 Å². The highest BCUT2D eigenvalue weighted by atomic mass is 32.1. The van der Waals surface area contributed by atoms with Crippen LogP contribution in [0.3, 0.4) is 0 Å². The molecule has 8 heteroatoms.